The van der Waals surface area contributed by atoms with Crippen molar-refractivity contribution in [1.29, 1.82) is 0 Å². The molecule has 1 N–H and O–H groups in total. The number of aliphatic hydroxyl groups excluding tert-OH is 1. The van der Waals surface area contributed by atoms with Crippen molar-refractivity contribution >= 4 is 17.2 Å². The van der Waals surface area contributed by atoms with Crippen LogP contribution in [0.15, 0.2) is 0 Å². The minimum Gasteiger partial charge on any atom is -0.393 e. The summed E-state index contributed by atoms with van der Waals surface area (Å²) in [7, 11) is 1.89. The van der Waals surface area contributed by atoms with E-state index in [2.05, 4.69) is 20.4 Å². The zero-order chi connectivity index (χ0) is 18.4. The Morgan fingerprint density at radius 2 is 1.88 bits per heavy atom. The van der Waals surface area contributed by atoms with E-state index in [0.29, 0.717) is 6.04 Å². The number of aromatic nitrogens is 4. The highest BCUT2D eigenvalue weighted by Crippen LogP contribution is 2.29. The first-order chi connectivity index (χ1) is 12.6. The van der Waals surface area contributed by atoms with Crippen LogP contribution in [0.1, 0.15) is 76.5 Å². The Bertz CT molecular complexity index is 564. The fraction of sp³-hybridized carbons (Fsp3) is 0.895. The van der Waals surface area contributed by atoms with Gasteiger partial charge in [0.05, 0.1) is 11.1 Å². The first-order valence-electron chi connectivity index (χ1n) is 10.3. The van der Waals surface area contributed by atoms with Gasteiger partial charge in [0.2, 0.25) is 0 Å². The number of nitrogens with zero attached hydrogens (tertiary/aromatic N) is 5. The molecule has 0 saturated heterocycles. The largest absolute Gasteiger partial charge is 0.393 e. The molecule has 0 bridgehead atoms. The van der Waals surface area contributed by atoms with E-state index in [-0.39, 0.29) is 6.10 Å². The first kappa shape index (κ1) is 19.7. The molecule has 0 radical (unpaired) electrons. The van der Waals surface area contributed by atoms with E-state index in [9.17, 15) is 5.11 Å². The number of aryl methyl sites for hydroxylation is 2. The Kier molecular flexibility index (Phi) is 7.37. The van der Waals surface area contributed by atoms with Crippen LogP contribution in [0.5, 0.6) is 0 Å². The summed E-state index contributed by atoms with van der Waals surface area (Å²) < 4.78 is 1.74. The number of hydrogen-bond donors (Lipinski definition) is 1. The summed E-state index contributed by atoms with van der Waals surface area (Å²) in [6.45, 7) is 1.12. The smallest absolute Gasteiger partial charge is 0.150 e. The minimum absolute atomic E-state index is 0.111. The number of thiocarbonyl (C=S) groups is 1. The Hall–Kier alpha value is -1.08. The van der Waals surface area contributed by atoms with E-state index in [1.54, 1.807) is 4.68 Å². The summed E-state index contributed by atoms with van der Waals surface area (Å²) in [5.74, 6) is 1.71. The first-order valence-corrected chi connectivity index (χ1v) is 10.7. The third kappa shape index (κ3) is 5.46. The molecule has 0 unspecified atom stereocenters. The molecule has 6 nitrogen and oxygen atoms in total. The molecule has 0 amide bonds. The predicted octanol–water partition coefficient (Wildman–Crippen LogP) is 3.05. The Morgan fingerprint density at radius 3 is 2.54 bits per heavy atom. The molecule has 1 aromatic rings. The topological polar surface area (TPSA) is 67.1 Å². The van der Waals surface area contributed by atoms with Crippen LogP contribution in [0.2, 0.25) is 0 Å². The molecule has 3 rings (SSSR count). The van der Waals surface area contributed by atoms with Crippen LogP contribution < -0.4 is 0 Å². The Labute approximate surface area is 162 Å². The molecule has 2 fully saturated rings. The number of hydrogen-bond acceptors (Lipinski definition) is 5. The van der Waals surface area contributed by atoms with Gasteiger partial charge < -0.3 is 10.0 Å². The van der Waals surface area contributed by atoms with E-state index in [4.69, 9.17) is 12.2 Å². The summed E-state index contributed by atoms with van der Waals surface area (Å²) in [5, 5.41) is 21.5. The molecule has 146 valence electrons. The monoisotopic (exact) mass is 379 g/mol. The highest BCUT2D eigenvalue weighted by molar-refractivity contribution is 7.80. The number of tetrazole rings is 1. The van der Waals surface area contributed by atoms with Crippen molar-refractivity contribution < 1.29 is 5.11 Å². The van der Waals surface area contributed by atoms with Gasteiger partial charge in [0.25, 0.3) is 0 Å². The normalized spacial score (nSPS) is 24.5. The van der Waals surface area contributed by atoms with Crippen LogP contribution in [-0.2, 0) is 13.5 Å². The second-order valence-corrected chi connectivity index (χ2v) is 8.56. The summed E-state index contributed by atoms with van der Waals surface area (Å²) in [5.41, 5.74) is 0. The third-order valence-corrected chi connectivity index (χ3v) is 6.54. The van der Waals surface area contributed by atoms with E-state index in [1.165, 1.54) is 32.1 Å². The highest BCUT2D eigenvalue weighted by Gasteiger charge is 2.28. The van der Waals surface area contributed by atoms with Gasteiger partial charge in [-0.2, -0.15) is 0 Å². The fourth-order valence-electron chi connectivity index (χ4n) is 4.47. The lowest BCUT2D eigenvalue weighted by Gasteiger charge is -2.40. The third-order valence-electron chi connectivity index (χ3n) is 6.11. The van der Waals surface area contributed by atoms with Crippen LogP contribution in [0.3, 0.4) is 0 Å². The lowest BCUT2D eigenvalue weighted by Crippen LogP contribution is -2.45. The molecule has 2 aliphatic carbocycles. The molecule has 2 aliphatic rings. The molecule has 2 saturated carbocycles. The molecule has 0 atom stereocenters. The standard InChI is InChI=1S/C19H33N5OS/c1-23-18(20-21-22-23)8-5-9-19(26)24(14-15-6-3-2-4-7-15)16-10-12-17(25)13-11-16/h15-17,25H,2-14H2,1H3. The van der Waals surface area contributed by atoms with Gasteiger partial charge in [0, 0.05) is 26.1 Å². The van der Waals surface area contributed by atoms with E-state index < -0.39 is 0 Å². The van der Waals surface area contributed by atoms with Crippen molar-refractivity contribution in [2.75, 3.05) is 6.54 Å². The molecule has 26 heavy (non-hydrogen) atoms. The average molecular weight is 380 g/mol. The fourth-order valence-corrected chi connectivity index (χ4v) is 4.84. The van der Waals surface area contributed by atoms with E-state index in [0.717, 1.165) is 68.2 Å². The zero-order valence-electron chi connectivity index (χ0n) is 16.0. The summed E-state index contributed by atoms with van der Waals surface area (Å²) in [6.07, 6.45) is 13.5. The van der Waals surface area contributed by atoms with Gasteiger partial charge in [-0.1, -0.05) is 31.5 Å². The summed E-state index contributed by atoms with van der Waals surface area (Å²) >= 11 is 5.89. The van der Waals surface area contributed by atoms with Gasteiger partial charge in [0.15, 0.2) is 5.82 Å². The zero-order valence-corrected chi connectivity index (χ0v) is 16.8. The quantitative estimate of drug-likeness (QED) is 0.735. The van der Waals surface area contributed by atoms with Crippen molar-refractivity contribution in [3.05, 3.63) is 5.82 Å². The van der Waals surface area contributed by atoms with Gasteiger partial charge in [-0.15, -0.1) is 5.10 Å². The highest BCUT2D eigenvalue weighted by atomic mass is 32.1. The SMILES string of the molecule is Cn1nnnc1CCCC(=S)N(CC1CCCCC1)C1CCC(O)CC1. The molecule has 0 aromatic carbocycles. The maximum absolute atomic E-state index is 9.87. The van der Waals surface area contributed by atoms with Gasteiger partial charge in [-0.3, -0.25) is 0 Å². The molecular formula is C19H33N5OS. The molecule has 0 spiro atoms. The minimum atomic E-state index is -0.111. The van der Waals surface area contributed by atoms with Crippen molar-refractivity contribution in [3.8, 4) is 0 Å². The van der Waals surface area contributed by atoms with E-state index in [1.807, 2.05) is 7.05 Å². The number of aliphatic hydroxyl groups is 1. The second-order valence-electron chi connectivity index (χ2n) is 8.08. The average Bonchev–Trinajstić information content (AvgIpc) is 3.06. The van der Waals surface area contributed by atoms with Crippen molar-refractivity contribution in [1.82, 2.24) is 25.1 Å². The van der Waals surface area contributed by atoms with Gasteiger partial charge in [-0.25, -0.2) is 4.68 Å². The lowest BCUT2D eigenvalue weighted by molar-refractivity contribution is 0.0906. The summed E-state index contributed by atoms with van der Waals surface area (Å²) in [4.78, 5) is 3.64. The van der Waals surface area contributed by atoms with Crippen molar-refractivity contribution in [2.45, 2.75) is 89.2 Å². The van der Waals surface area contributed by atoms with Gasteiger partial charge in [-0.05, 0) is 67.7 Å². The van der Waals surface area contributed by atoms with Gasteiger partial charge in [0.1, 0.15) is 0 Å². The second kappa shape index (κ2) is 9.74. The van der Waals surface area contributed by atoms with Crippen molar-refractivity contribution in [2.24, 2.45) is 13.0 Å². The maximum atomic E-state index is 9.87. The molecule has 1 aromatic heterocycles. The Balaban J connectivity index is 1.55. The van der Waals surface area contributed by atoms with Crippen LogP contribution in [0, 0.1) is 5.92 Å². The van der Waals surface area contributed by atoms with Crippen LogP contribution >= 0.6 is 12.2 Å². The predicted molar refractivity (Wildman–Crippen MR) is 106 cm³/mol. The molecule has 0 aliphatic heterocycles. The number of rotatable bonds is 7. The van der Waals surface area contributed by atoms with Crippen LogP contribution in [-0.4, -0.2) is 53.9 Å². The van der Waals surface area contributed by atoms with Crippen molar-refractivity contribution in [3.63, 3.8) is 0 Å². The molecular weight excluding hydrogens is 346 g/mol. The van der Waals surface area contributed by atoms with E-state index >= 15 is 0 Å². The summed E-state index contributed by atoms with van der Waals surface area (Å²) in [6, 6.07) is 0.518. The van der Waals surface area contributed by atoms with Crippen LogP contribution in [0.4, 0.5) is 0 Å². The molecule has 7 heteroatoms. The van der Waals surface area contributed by atoms with Gasteiger partial charge >= 0.3 is 0 Å². The lowest BCUT2D eigenvalue weighted by atomic mass is 9.86. The van der Waals surface area contributed by atoms with Crippen LogP contribution in [0.25, 0.3) is 0 Å². The maximum Gasteiger partial charge on any atom is 0.150 e. The Morgan fingerprint density at radius 1 is 1.15 bits per heavy atom. The molecule has 1 heterocycles.